The van der Waals surface area contributed by atoms with Gasteiger partial charge in [-0.25, -0.2) is 0 Å². The molecule has 120 valence electrons. The van der Waals surface area contributed by atoms with E-state index in [0.717, 1.165) is 37.2 Å². The van der Waals surface area contributed by atoms with Gasteiger partial charge in [0.2, 0.25) is 5.91 Å². The van der Waals surface area contributed by atoms with Crippen LogP contribution in [0.2, 0.25) is 0 Å². The molecule has 2 aliphatic rings. The normalized spacial score (nSPS) is 19.2. The Morgan fingerprint density at radius 3 is 2.73 bits per heavy atom. The van der Waals surface area contributed by atoms with E-state index in [9.17, 15) is 4.79 Å². The number of piperidine rings is 1. The molecule has 0 aromatic heterocycles. The first-order chi connectivity index (χ1) is 10.7. The summed E-state index contributed by atoms with van der Waals surface area (Å²) in [5, 5.41) is 6.22. The van der Waals surface area contributed by atoms with Gasteiger partial charge in [0, 0.05) is 24.5 Å². The van der Waals surface area contributed by atoms with E-state index in [1.165, 1.54) is 31.4 Å². The van der Waals surface area contributed by atoms with Crippen LogP contribution < -0.4 is 15.5 Å². The van der Waals surface area contributed by atoms with Crippen molar-refractivity contribution in [3.8, 4) is 0 Å². The molecule has 4 heteroatoms. The van der Waals surface area contributed by atoms with Crippen molar-refractivity contribution in [1.29, 1.82) is 0 Å². The summed E-state index contributed by atoms with van der Waals surface area (Å²) < 4.78 is 0. The highest BCUT2D eigenvalue weighted by molar-refractivity contribution is 5.92. The number of amides is 1. The highest BCUT2D eigenvalue weighted by Gasteiger charge is 2.20. The van der Waals surface area contributed by atoms with Crippen molar-refractivity contribution in [2.45, 2.75) is 32.6 Å². The molecule has 1 heterocycles. The second-order valence-corrected chi connectivity index (χ2v) is 6.84. The molecule has 0 unspecified atom stereocenters. The van der Waals surface area contributed by atoms with Crippen LogP contribution in [0.3, 0.4) is 0 Å². The smallest absolute Gasteiger partial charge is 0.238 e. The van der Waals surface area contributed by atoms with Crippen LogP contribution in [0.15, 0.2) is 24.3 Å². The third-order valence-electron chi connectivity index (χ3n) is 4.69. The molecule has 2 fully saturated rings. The summed E-state index contributed by atoms with van der Waals surface area (Å²) in [6.07, 6.45) is 5.12. The number of hydrogen-bond acceptors (Lipinski definition) is 3. The maximum Gasteiger partial charge on any atom is 0.238 e. The van der Waals surface area contributed by atoms with Gasteiger partial charge in [-0.3, -0.25) is 4.79 Å². The number of anilines is 2. The van der Waals surface area contributed by atoms with E-state index in [1.807, 2.05) is 12.1 Å². The van der Waals surface area contributed by atoms with Gasteiger partial charge >= 0.3 is 0 Å². The van der Waals surface area contributed by atoms with Crippen molar-refractivity contribution in [1.82, 2.24) is 5.32 Å². The van der Waals surface area contributed by atoms with Crippen molar-refractivity contribution in [2.24, 2.45) is 11.8 Å². The van der Waals surface area contributed by atoms with Crippen LogP contribution in [0, 0.1) is 11.8 Å². The van der Waals surface area contributed by atoms with Gasteiger partial charge in [0.05, 0.1) is 6.54 Å². The summed E-state index contributed by atoms with van der Waals surface area (Å²) in [4.78, 5) is 14.4. The van der Waals surface area contributed by atoms with Crippen LogP contribution in [0.5, 0.6) is 0 Å². The van der Waals surface area contributed by atoms with E-state index >= 15 is 0 Å². The maximum atomic E-state index is 12.0. The van der Waals surface area contributed by atoms with Crippen molar-refractivity contribution < 1.29 is 4.79 Å². The Kier molecular flexibility index (Phi) is 4.98. The highest BCUT2D eigenvalue weighted by atomic mass is 16.1. The van der Waals surface area contributed by atoms with Gasteiger partial charge in [-0.1, -0.05) is 13.0 Å². The molecular weight excluding hydrogens is 274 g/mol. The minimum absolute atomic E-state index is 0.0464. The number of nitrogens with zero attached hydrogens (tertiary/aromatic N) is 1. The number of carbonyl (C=O) groups excluding carboxylic acids is 1. The summed E-state index contributed by atoms with van der Waals surface area (Å²) in [6.45, 7) is 5.92. The standard InChI is InChI=1S/C18H27N3O/c1-14-7-9-21(10-8-14)17-4-2-3-16(11-17)20-18(22)13-19-12-15-5-6-15/h2-4,11,14-15,19H,5-10,12-13H2,1H3,(H,20,22). The SMILES string of the molecule is CC1CCN(c2cccc(NC(=O)CNCC3CC3)c2)CC1. The number of rotatable bonds is 6. The molecule has 1 saturated heterocycles. The first kappa shape index (κ1) is 15.3. The van der Waals surface area contributed by atoms with Crippen molar-refractivity contribution in [3.63, 3.8) is 0 Å². The third-order valence-corrected chi connectivity index (χ3v) is 4.69. The van der Waals surface area contributed by atoms with Gasteiger partial charge in [0.25, 0.3) is 0 Å². The van der Waals surface area contributed by atoms with Crippen molar-refractivity contribution in [2.75, 3.05) is 36.4 Å². The van der Waals surface area contributed by atoms with Gasteiger partial charge < -0.3 is 15.5 Å². The average Bonchev–Trinajstić information content (AvgIpc) is 3.32. The predicted molar refractivity (Wildman–Crippen MR) is 91.3 cm³/mol. The van der Waals surface area contributed by atoms with Crippen LogP contribution in [-0.4, -0.2) is 32.1 Å². The maximum absolute atomic E-state index is 12.0. The Morgan fingerprint density at radius 2 is 2.00 bits per heavy atom. The molecule has 1 saturated carbocycles. The molecule has 1 aliphatic carbocycles. The van der Waals surface area contributed by atoms with Gasteiger partial charge in [0.15, 0.2) is 0 Å². The van der Waals surface area contributed by atoms with E-state index < -0.39 is 0 Å². The average molecular weight is 301 g/mol. The number of hydrogen-bond donors (Lipinski definition) is 2. The summed E-state index contributed by atoms with van der Waals surface area (Å²) in [5.41, 5.74) is 2.12. The molecule has 0 atom stereocenters. The Balaban J connectivity index is 1.50. The molecule has 0 bridgehead atoms. The lowest BCUT2D eigenvalue weighted by Crippen LogP contribution is -2.33. The van der Waals surface area contributed by atoms with Gasteiger partial charge in [-0.15, -0.1) is 0 Å². The zero-order valence-electron chi connectivity index (χ0n) is 13.5. The van der Waals surface area contributed by atoms with Gasteiger partial charge in [0.1, 0.15) is 0 Å². The minimum Gasteiger partial charge on any atom is -0.371 e. The zero-order valence-corrected chi connectivity index (χ0v) is 13.5. The fourth-order valence-corrected chi connectivity index (χ4v) is 2.96. The lowest BCUT2D eigenvalue weighted by Gasteiger charge is -2.32. The molecule has 1 amide bonds. The van der Waals surface area contributed by atoms with Gasteiger partial charge in [-0.05, 0) is 62.3 Å². The van der Waals surface area contributed by atoms with E-state index in [-0.39, 0.29) is 5.91 Å². The summed E-state index contributed by atoms with van der Waals surface area (Å²) in [7, 11) is 0. The quantitative estimate of drug-likeness (QED) is 0.849. The second-order valence-electron chi connectivity index (χ2n) is 6.84. The molecule has 1 aliphatic heterocycles. The predicted octanol–water partition coefficient (Wildman–Crippen LogP) is 2.86. The molecule has 0 spiro atoms. The lowest BCUT2D eigenvalue weighted by molar-refractivity contribution is -0.115. The Bertz CT molecular complexity index is 505. The first-order valence-corrected chi connectivity index (χ1v) is 8.56. The van der Waals surface area contributed by atoms with Crippen LogP contribution >= 0.6 is 0 Å². The van der Waals surface area contributed by atoms with Crippen LogP contribution in [0.4, 0.5) is 11.4 Å². The monoisotopic (exact) mass is 301 g/mol. The zero-order chi connectivity index (χ0) is 15.4. The van der Waals surface area contributed by atoms with Crippen LogP contribution in [0.25, 0.3) is 0 Å². The number of nitrogens with one attached hydrogen (secondary N) is 2. The van der Waals surface area contributed by atoms with Crippen LogP contribution in [-0.2, 0) is 4.79 Å². The van der Waals surface area contributed by atoms with Crippen molar-refractivity contribution in [3.05, 3.63) is 24.3 Å². The highest BCUT2D eigenvalue weighted by Crippen LogP contribution is 2.27. The molecule has 1 aromatic rings. The molecule has 22 heavy (non-hydrogen) atoms. The van der Waals surface area contributed by atoms with Crippen molar-refractivity contribution >= 4 is 17.3 Å². The first-order valence-electron chi connectivity index (χ1n) is 8.56. The fourth-order valence-electron chi connectivity index (χ4n) is 2.96. The molecule has 0 radical (unpaired) electrons. The topological polar surface area (TPSA) is 44.4 Å². The van der Waals surface area contributed by atoms with E-state index in [1.54, 1.807) is 0 Å². The Hall–Kier alpha value is -1.55. The molecule has 3 rings (SSSR count). The van der Waals surface area contributed by atoms with Crippen LogP contribution in [0.1, 0.15) is 32.6 Å². The molecule has 1 aromatic carbocycles. The second kappa shape index (κ2) is 7.14. The Morgan fingerprint density at radius 1 is 1.23 bits per heavy atom. The van der Waals surface area contributed by atoms with E-state index in [2.05, 4.69) is 34.6 Å². The fraction of sp³-hybridized carbons (Fsp3) is 0.611. The largest absolute Gasteiger partial charge is 0.371 e. The lowest BCUT2D eigenvalue weighted by atomic mass is 9.99. The Labute approximate surface area is 133 Å². The summed E-state index contributed by atoms with van der Waals surface area (Å²) >= 11 is 0. The third kappa shape index (κ3) is 4.47. The van der Waals surface area contributed by atoms with Gasteiger partial charge in [-0.2, -0.15) is 0 Å². The summed E-state index contributed by atoms with van der Waals surface area (Å²) in [5.74, 6) is 1.68. The number of benzene rings is 1. The minimum atomic E-state index is 0.0464. The van der Waals surface area contributed by atoms with E-state index in [0.29, 0.717) is 6.54 Å². The molecule has 4 nitrogen and oxygen atoms in total. The molecular formula is C18H27N3O. The summed E-state index contributed by atoms with van der Waals surface area (Å²) in [6, 6.07) is 8.22. The molecule has 2 N–H and O–H groups in total. The van der Waals surface area contributed by atoms with E-state index in [4.69, 9.17) is 0 Å². The number of carbonyl (C=O) groups is 1.